The summed E-state index contributed by atoms with van der Waals surface area (Å²) in [5.74, 6) is 0. The van der Waals surface area contributed by atoms with Gasteiger partial charge >= 0.3 is 0 Å². The molecule has 1 aromatic heterocycles. The Balaban J connectivity index is 0.00000121. The highest BCUT2D eigenvalue weighted by atomic mass is 35.5. The molecule has 0 fully saturated rings. The third-order valence-electron chi connectivity index (χ3n) is 1.20. The summed E-state index contributed by atoms with van der Waals surface area (Å²) in [7, 11) is 0. The zero-order chi connectivity index (χ0) is 7.94. The van der Waals surface area contributed by atoms with Gasteiger partial charge in [-0.2, -0.15) is 0 Å². The van der Waals surface area contributed by atoms with E-state index in [4.69, 9.17) is 10.5 Å². The number of nitrogens with two attached hydrogens (primary N) is 1. The summed E-state index contributed by atoms with van der Waals surface area (Å²) in [6, 6.07) is 0. The van der Waals surface area contributed by atoms with Crippen LogP contribution in [0.3, 0.4) is 0 Å². The molecule has 0 aliphatic carbocycles. The standard InChI is InChI=1S/C6H12N4O.ClH/c7-1-5-11-6-4-10-3-2-8-9-10;/h2-3H,1,4-7H2;1H. The molecule has 0 saturated heterocycles. The number of nitrogens with zero attached hydrogens (tertiary/aromatic N) is 3. The van der Waals surface area contributed by atoms with Crippen molar-refractivity contribution in [2.45, 2.75) is 6.54 Å². The quantitative estimate of drug-likeness (QED) is 0.650. The van der Waals surface area contributed by atoms with Crippen LogP contribution in [-0.2, 0) is 11.3 Å². The molecule has 70 valence electrons. The van der Waals surface area contributed by atoms with E-state index in [1.54, 1.807) is 17.1 Å². The number of hydrogen-bond donors (Lipinski definition) is 1. The van der Waals surface area contributed by atoms with E-state index < -0.39 is 0 Å². The SMILES string of the molecule is Cl.NCCOCCn1ccnn1. The molecule has 0 aliphatic heterocycles. The van der Waals surface area contributed by atoms with Crippen LogP contribution in [0.15, 0.2) is 12.4 Å². The van der Waals surface area contributed by atoms with E-state index in [0.29, 0.717) is 19.8 Å². The summed E-state index contributed by atoms with van der Waals surface area (Å²) < 4.78 is 6.86. The molecule has 2 N–H and O–H groups in total. The molecule has 5 nitrogen and oxygen atoms in total. The Morgan fingerprint density at radius 2 is 2.25 bits per heavy atom. The Kier molecular flexibility index (Phi) is 6.64. The Labute approximate surface area is 77.3 Å². The van der Waals surface area contributed by atoms with Crippen molar-refractivity contribution in [3.63, 3.8) is 0 Å². The van der Waals surface area contributed by atoms with Crippen molar-refractivity contribution >= 4 is 12.4 Å². The topological polar surface area (TPSA) is 66.0 Å². The Morgan fingerprint density at radius 1 is 1.42 bits per heavy atom. The zero-order valence-corrected chi connectivity index (χ0v) is 7.54. The van der Waals surface area contributed by atoms with Crippen LogP contribution in [0.1, 0.15) is 0 Å². The maximum Gasteiger partial charge on any atom is 0.0692 e. The van der Waals surface area contributed by atoms with E-state index in [9.17, 15) is 0 Å². The lowest BCUT2D eigenvalue weighted by atomic mass is 10.6. The lowest BCUT2D eigenvalue weighted by Crippen LogP contribution is -2.12. The third-order valence-corrected chi connectivity index (χ3v) is 1.20. The fraction of sp³-hybridized carbons (Fsp3) is 0.667. The first-order valence-corrected chi connectivity index (χ1v) is 3.55. The summed E-state index contributed by atoms with van der Waals surface area (Å²) in [6.45, 7) is 2.55. The first kappa shape index (κ1) is 11.4. The monoisotopic (exact) mass is 192 g/mol. The van der Waals surface area contributed by atoms with Crippen LogP contribution >= 0.6 is 12.4 Å². The van der Waals surface area contributed by atoms with Gasteiger partial charge in [0.1, 0.15) is 0 Å². The second-order valence-electron chi connectivity index (χ2n) is 2.07. The Morgan fingerprint density at radius 3 is 2.83 bits per heavy atom. The summed E-state index contributed by atoms with van der Waals surface area (Å²) in [4.78, 5) is 0. The summed E-state index contributed by atoms with van der Waals surface area (Å²) in [5, 5.41) is 7.42. The Hall–Kier alpha value is -0.650. The molecule has 0 radical (unpaired) electrons. The van der Waals surface area contributed by atoms with Crippen molar-refractivity contribution in [1.29, 1.82) is 0 Å². The minimum absolute atomic E-state index is 0. The predicted octanol–water partition coefficient (Wildman–Crippen LogP) is -0.325. The number of aromatic nitrogens is 3. The van der Waals surface area contributed by atoms with Gasteiger partial charge in [0, 0.05) is 12.7 Å². The molecule has 1 rings (SSSR count). The molecule has 0 atom stereocenters. The third kappa shape index (κ3) is 4.27. The lowest BCUT2D eigenvalue weighted by molar-refractivity contribution is 0.130. The van der Waals surface area contributed by atoms with Crippen molar-refractivity contribution in [2.24, 2.45) is 5.73 Å². The molecule has 0 amide bonds. The average molecular weight is 193 g/mol. The Bertz CT molecular complexity index is 180. The van der Waals surface area contributed by atoms with Gasteiger partial charge in [-0.1, -0.05) is 5.21 Å². The second-order valence-corrected chi connectivity index (χ2v) is 2.07. The van der Waals surface area contributed by atoms with Crippen LogP contribution in [0, 0.1) is 0 Å². The number of hydrogen-bond acceptors (Lipinski definition) is 4. The summed E-state index contributed by atoms with van der Waals surface area (Å²) >= 11 is 0. The first-order valence-electron chi connectivity index (χ1n) is 3.55. The number of ether oxygens (including phenoxy) is 1. The second kappa shape index (κ2) is 7.02. The molecular formula is C6H13ClN4O. The molecule has 12 heavy (non-hydrogen) atoms. The van der Waals surface area contributed by atoms with Crippen molar-refractivity contribution in [1.82, 2.24) is 15.0 Å². The molecule has 6 heteroatoms. The van der Waals surface area contributed by atoms with Gasteiger partial charge in [0.05, 0.1) is 26.0 Å². The van der Waals surface area contributed by atoms with E-state index in [2.05, 4.69) is 10.3 Å². The lowest BCUT2D eigenvalue weighted by Gasteiger charge is -2.00. The van der Waals surface area contributed by atoms with Gasteiger partial charge in [0.25, 0.3) is 0 Å². The minimum atomic E-state index is 0. The van der Waals surface area contributed by atoms with E-state index in [1.165, 1.54) is 0 Å². The molecule has 1 aromatic rings. The van der Waals surface area contributed by atoms with Crippen LogP contribution < -0.4 is 5.73 Å². The molecule has 0 unspecified atom stereocenters. The molecular weight excluding hydrogens is 180 g/mol. The highest BCUT2D eigenvalue weighted by molar-refractivity contribution is 5.85. The van der Waals surface area contributed by atoms with Gasteiger partial charge in [-0.3, -0.25) is 4.68 Å². The molecule has 0 spiro atoms. The largest absolute Gasteiger partial charge is 0.378 e. The van der Waals surface area contributed by atoms with Gasteiger partial charge in [-0.15, -0.1) is 17.5 Å². The summed E-state index contributed by atoms with van der Waals surface area (Å²) in [5.41, 5.74) is 5.23. The van der Waals surface area contributed by atoms with E-state index in [0.717, 1.165) is 6.54 Å². The van der Waals surface area contributed by atoms with Crippen LogP contribution in [0.25, 0.3) is 0 Å². The van der Waals surface area contributed by atoms with Crippen LogP contribution in [0.4, 0.5) is 0 Å². The first-order chi connectivity index (χ1) is 5.43. The smallest absolute Gasteiger partial charge is 0.0692 e. The van der Waals surface area contributed by atoms with Crippen molar-refractivity contribution < 1.29 is 4.74 Å². The van der Waals surface area contributed by atoms with Gasteiger partial charge in [-0.05, 0) is 0 Å². The van der Waals surface area contributed by atoms with E-state index in [1.807, 2.05) is 0 Å². The van der Waals surface area contributed by atoms with Crippen molar-refractivity contribution in [3.8, 4) is 0 Å². The molecule has 0 aliphatic rings. The predicted molar refractivity (Wildman–Crippen MR) is 47.1 cm³/mol. The van der Waals surface area contributed by atoms with Gasteiger partial charge in [0.2, 0.25) is 0 Å². The zero-order valence-electron chi connectivity index (χ0n) is 6.72. The van der Waals surface area contributed by atoms with Gasteiger partial charge < -0.3 is 10.5 Å². The fourth-order valence-corrected chi connectivity index (χ4v) is 0.695. The average Bonchev–Trinajstić information content (AvgIpc) is 2.50. The van der Waals surface area contributed by atoms with Crippen LogP contribution in [0.2, 0.25) is 0 Å². The van der Waals surface area contributed by atoms with E-state index >= 15 is 0 Å². The summed E-state index contributed by atoms with van der Waals surface area (Å²) in [6.07, 6.45) is 3.44. The van der Waals surface area contributed by atoms with Gasteiger partial charge in [-0.25, -0.2) is 0 Å². The maximum atomic E-state index is 5.23. The van der Waals surface area contributed by atoms with Crippen LogP contribution in [-0.4, -0.2) is 34.8 Å². The normalized spacial score (nSPS) is 9.42. The molecule has 0 aromatic carbocycles. The van der Waals surface area contributed by atoms with E-state index in [-0.39, 0.29) is 12.4 Å². The molecule has 0 bridgehead atoms. The van der Waals surface area contributed by atoms with Gasteiger partial charge in [0.15, 0.2) is 0 Å². The maximum absolute atomic E-state index is 5.23. The molecule has 1 heterocycles. The van der Waals surface area contributed by atoms with Crippen molar-refractivity contribution in [3.05, 3.63) is 12.4 Å². The minimum Gasteiger partial charge on any atom is -0.378 e. The van der Waals surface area contributed by atoms with Crippen molar-refractivity contribution in [2.75, 3.05) is 19.8 Å². The highest BCUT2D eigenvalue weighted by Crippen LogP contribution is 1.81. The fourth-order valence-electron chi connectivity index (χ4n) is 0.695. The number of halogens is 1. The van der Waals surface area contributed by atoms with Crippen LogP contribution in [0.5, 0.6) is 0 Å². The highest BCUT2D eigenvalue weighted by Gasteiger charge is 1.89. The number of rotatable bonds is 5. The molecule has 0 saturated carbocycles.